The van der Waals surface area contributed by atoms with Crippen LogP contribution < -0.4 is 10.1 Å². The molecule has 0 bridgehead atoms. The molecule has 0 aliphatic carbocycles. The van der Waals surface area contributed by atoms with E-state index in [1.807, 2.05) is 12.1 Å². The number of alkyl halides is 3. The highest BCUT2D eigenvalue weighted by Gasteiger charge is 2.27. The topological polar surface area (TPSA) is 71.1 Å². The molecule has 1 atom stereocenters. The number of halogens is 3. The Kier molecular flexibility index (Phi) is 9.57. The lowest BCUT2D eigenvalue weighted by Crippen LogP contribution is -2.49. The molecule has 31 heavy (non-hydrogen) atoms. The van der Waals surface area contributed by atoms with Crippen molar-refractivity contribution in [2.75, 3.05) is 53.0 Å². The lowest BCUT2D eigenvalue weighted by Gasteiger charge is -2.35. The van der Waals surface area contributed by atoms with E-state index in [9.17, 15) is 22.8 Å². The summed E-state index contributed by atoms with van der Waals surface area (Å²) in [6.07, 6.45) is -3.64. The van der Waals surface area contributed by atoms with Crippen LogP contribution in [-0.4, -0.2) is 80.8 Å². The fourth-order valence-electron chi connectivity index (χ4n) is 3.44. The second-order valence-electron chi connectivity index (χ2n) is 7.47. The standard InChI is InChI=1S/C21H30F3N3O4/c1-16(28)25-19(17-4-6-18(30-2)7-5-17)14-20(29)27-11-9-26(10-12-27)8-3-13-31-15-21(22,23)24/h4-7,19H,3,8-15H2,1-2H3,(H,25,28). The highest BCUT2D eigenvalue weighted by molar-refractivity contribution is 5.79. The van der Waals surface area contributed by atoms with Crippen LogP contribution in [0.5, 0.6) is 5.75 Å². The SMILES string of the molecule is COc1ccc(C(CC(=O)N2CCN(CCCOCC(F)(F)F)CC2)NC(C)=O)cc1. The summed E-state index contributed by atoms with van der Waals surface area (Å²) in [4.78, 5) is 28.3. The first-order chi connectivity index (χ1) is 14.7. The minimum Gasteiger partial charge on any atom is -0.497 e. The number of benzene rings is 1. The van der Waals surface area contributed by atoms with Gasteiger partial charge in [-0.2, -0.15) is 13.2 Å². The van der Waals surface area contributed by atoms with E-state index in [0.29, 0.717) is 44.9 Å². The van der Waals surface area contributed by atoms with Crippen LogP contribution >= 0.6 is 0 Å². The van der Waals surface area contributed by atoms with Crippen LogP contribution in [0, 0.1) is 0 Å². The molecule has 1 aromatic rings. The summed E-state index contributed by atoms with van der Waals surface area (Å²) in [5.41, 5.74) is 0.821. The Labute approximate surface area is 180 Å². The molecule has 1 aliphatic heterocycles. The van der Waals surface area contributed by atoms with Gasteiger partial charge in [-0.15, -0.1) is 0 Å². The number of hydrogen-bond acceptors (Lipinski definition) is 5. The zero-order valence-electron chi connectivity index (χ0n) is 17.9. The first-order valence-corrected chi connectivity index (χ1v) is 10.2. The van der Waals surface area contributed by atoms with Crippen molar-refractivity contribution in [2.45, 2.75) is 32.0 Å². The molecule has 0 saturated carbocycles. The molecule has 1 aliphatic rings. The van der Waals surface area contributed by atoms with Gasteiger partial charge in [-0.25, -0.2) is 0 Å². The second kappa shape index (κ2) is 11.9. The third kappa shape index (κ3) is 9.14. The summed E-state index contributed by atoms with van der Waals surface area (Å²) in [5.74, 6) is 0.422. The van der Waals surface area contributed by atoms with Crippen LogP contribution in [0.15, 0.2) is 24.3 Å². The Balaban J connectivity index is 1.78. The van der Waals surface area contributed by atoms with Gasteiger partial charge in [-0.3, -0.25) is 14.5 Å². The normalized spacial score (nSPS) is 16.1. The van der Waals surface area contributed by atoms with Crippen LogP contribution in [0.2, 0.25) is 0 Å². The predicted molar refractivity (Wildman–Crippen MR) is 109 cm³/mol. The van der Waals surface area contributed by atoms with E-state index >= 15 is 0 Å². The fraction of sp³-hybridized carbons (Fsp3) is 0.619. The average Bonchev–Trinajstić information content (AvgIpc) is 2.72. The van der Waals surface area contributed by atoms with E-state index in [1.165, 1.54) is 6.92 Å². The molecule has 0 aromatic heterocycles. The molecule has 1 unspecified atom stereocenters. The molecule has 1 fully saturated rings. The molecule has 7 nitrogen and oxygen atoms in total. The van der Waals surface area contributed by atoms with Crippen molar-refractivity contribution in [3.8, 4) is 5.75 Å². The molecule has 0 radical (unpaired) electrons. The number of rotatable bonds is 10. The number of ether oxygens (including phenoxy) is 2. The number of hydrogen-bond donors (Lipinski definition) is 1. The minimum absolute atomic E-state index is 0.0530. The summed E-state index contributed by atoms with van der Waals surface area (Å²) in [5, 5.41) is 2.83. The molecular formula is C21H30F3N3O4. The number of piperazine rings is 1. The Bertz CT molecular complexity index is 705. The van der Waals surface area contributed by atoms with E-state index in [-0.39, 0.29) is 24.8 Å². The van der Waals surface area contributed by atoms with Crippen molar-refractivity contribution in [3.05, 3.63) is 29.8 Å². The van der Waals surface area contributed by atoms with Crippen molar-refractivity contribution in [2.24, 2.45) is 0 Å². The van der Waals surface area contributed by atoms with Crippen LogP contribution in [0.1, 0.15) is 31.4 Å². The maximum Gasteiger partial charge on any atom is 0.411 e. The van der Waals surface area contributed by atoms with E-state index in [4.69, 9.17) is 4.74 Å². The van der Waals surface area contributed by atoms with Gasteiger partial charge in [0.15, 0.2) is 0 Å². The third-order valence-electron chi connectivity index (χ3n) is 5.03. The van der Waals surface area contributed by atoms with Crippen molar-refractivity contribution in [3.63, 3.8) is 0 Å². The maximum atomic E-state index is 12.8. The van der Waals surface area contributed by atoms with Gasteiger partial charge in [0.25, 0.3) is 0 Å². The van der Waals surface area contributed by atoms with Crippen molar-refractivity contribution in [1.82, 2.24) is 15.1 Å². The van der Waals surface area contributed by atoms with Gasteiger partial charge in [0, 0.05) is 46.3 Å². The number of carbonyl (C=O) groups is 2. The maximum absolute atomic E-state index is 12.8. The van der Waals surface area contributed by atoms with E-state index < -0.39 is 18.8 Å². The molecule has 2 amide bonds. The number of methoxy groups -OCH3 is 1. The molecule has 0 spiro atoms. The van der Waals surface area contributed by atoms with E-state index in [2.05, 4.69) is 15.0 Å². The third-order valence-corrected chi connectivity index (χ3v) is 5.03. The molecule has 10 heteroatoms. The van der Waals surface area contributed by atoms with Crippen molar-refractivity contribution in [1.29, 1.82) is 0 Å². The van der Waals surface area contributed by atoms with Crippen LogP contribution in [0.25, 0.3) is 0 Å². The van der Waals surface area contributed by atoms with Crippen LogP contribution in [0.3, 0.4) is 0 Å². The van der Waals surface area contributed by atoms with E-state index in [0.717, 1.165) is 5.56 Å². The van der Waals surface area contributed by atoms with Gasteiger partial charge in [0.2, 0.25) is 11.8 Å². The van der Waals surface area contributed by atoms with Gasteiger partial charge >= 0.3 is 6.18 Å². The lowest BCUT2D eigenvalue weighted by molar-refractivity contribution is -0.174. The van der Waals surface area contributed by atoms with Gasteiger partial charge in [-0.1, -0.05) is 12.1 Å². The quantitative estimate of drug-likeness (QED) is 0.560. The summed E-state index contributed by atoms with van der Waals surface area (Å²) in [7, 11) is 1.57. The Morgan fingerprint density at radius 1 is 1.13 bits per heavy atom. The monoisotopic (exact) mass is 445 g/mol. The number of carbonyl (C=O) groups excluding carboxylic acids is 2. The van der Waals surface area contributed by atoms with Gasteiger partial charge in [0.1, 0.15) is 12.4 Å². The van der Waals surface area contributed by atoms with Crippen LogP contribution in [0.4, 0.5) is 13.2 Å². The average molecular weight is 445 g/mol. The van der Waals surface area contributed by atoms with Gasteiger partial charge < -0.3 is 19.7 Å². The number of amides is 2. The number of nitrogens with one attached hydrogen (secondary N) is 1. The Hall–Kier alpha value is -2.33. The first-order valence-electron chi connectivity index (χ1n) is 10.2. The molecule has 1 aromatic carbocycles. The summed E-state index contributed by atoms with van der Waals surface area (Å²) >= 11 is 0. The van der Waals surface area contributed by atoms with Crippen molar-refractivity contribution >= 4 is 11.8 Å². The smallest absolute Gasteiger partial charge is 0.411 e. The largest absolute Gasteiger partial charge is 0.497 e. The minimum atomic E-state index is -4.30. The van der Waals surface area contributed by atoms with E-state index in [1.54, 1.807) is 24.1 Å². The molecule has 174 valence electrons. The second-order valence-corrected chi connectivity index (χ2v) is 7.47. The molecule has 1 N–H and O–H groups in total. The number of nitrogens with zero attached hydrogens (tertiary/aromatic N) is 2. The molecule has 2 rings (SSSR count). The summed E-state index contributed by atoms with van der Waals surface area (Å²) in [6.45, 7) is 3.25. The van der Waals surface area contributed by atoms with Gasteiger partial charge in [0.05, 0.1) is 19.6 Å². The highest BCUT2D eigenvalue weighted by atomic mass is 19.4. The first kappa shape index (κ1) is 24.9. The molecule has 1 heterocycles. The molecular weight excluding hydrogens is 415 g/mol. The lowest BCUT2D eigenvalue weighted by atomic mass is 10.0. The zero-order valence-corrected chi connectivity index (χ0v) is 17.9. The van der Waals surface area contributed by atoms with Crippen molar-refractivity contribution < 1.29 is 32.2 Å². The van der Waals surface area contributed by atoms with Gasteiger partial charge in [-0.05, 0) is 24.1 Å². The highest BCUT2D eigenvalue weighted by Crippen LogP contribution is 2.22. The Morgan fingerprint density at radius 2 is 1.77 bits per heavy atom. The summed E-state index contributed by atoms with van der Waals surface area (Å²) in [6, 6.07) is 6.79. The summed E-state index contributed by atoms with van der Waals surface area (Å²) < 4.78 is 45.9. The predicted octanol–water partition coefficient (Wildman–Crippen LogP) is 2.38. The Morgan fingerprint density at radius 3 is 2.32 bits per heavy atom. The zero-order chi connectivity index (χ0) is 22.9. The molecule has 1 saturated heterocycles. The fourth-order valence-corrected chi connectivity index (χ4v) is 3.44. The van der Waals surface area contributed by atoms with Crippen LogP contribution in [-0.2, 0) is 14.3 Å².